The van der Waals surface area contributed by atoms with Crippen molar-refractivity contribution in [1.82, 2.24) is 4.31 Å². The fourth-order valence-electron chi connectivity index (χ4n) is 1.52. The van der Waals surface area contributed by atoms with E-state index in [1.165, 1.54) is 18.7 Å². The summed E-state index contributed by atoms with van der Waals surface area (Å²) in [5, 5.41) is 6.94. The highest BCUT2D eigenvalue weighted by Crippen LogP contribution is 2.25. The Bertz CT molecular complexity index is 458. The second kappa shape index (κ2) is 5.43. The molecular weight excluding hydrogens is 286 g/mol. The van der Waals surface area contributed by atoms with Crippen LogP contribution < -0.4 is 0 Å². The second-order valence-corrected chi connectivity index (χ2v) is 9.66. The van der Waals surface area contributed by atoms with Gasteiger partial charge in [-0.2, -0.15) is 16.1 Å². The van der Waals surface area contributed by atoms with Gasteiger partial charge in [-0.1, -0.05) is 0 Å². The predicted octanol–water partition coefficient (Wildman–Crippen LogP) is -0.883. The Balaban J connectivity index is 3.09. The van der Waals surface area contributed by atoms with Crippen molar-refractivity contribution in [3.8, 4) is 0 Å². The van der Waals surface area contributed by atoms with E-state index in [2.05, 4.69) is 0 Å². The number of thioether (sulfide) groups is 1. The fourth-order valence-corrected chi connectivity index (χ4v) is 6.64. The Morgan fingerprint density at radius 1 is 1.41 bits per heavy atom. The van der Waals surface area contributed by atoms with Gasteiger partial charge in [-0.25, -0.2) is 16.8 Å². The fraction of sp³-hybridized carbons (Fsp3) is 1.00. The maximum atomic E-state index is 12.1. The number of aliphatic hydroxyl groups is 1. The first-order chi connectivity index (χ1) is 7.71. The average molecular weight is 303 g/mol. The van der Waals surface area contributed by atoms with E-state index in [0.29, 0.717) is 5.75 Å². The van der Waals surface area contributed by atoms with Crippen LogP contribution in [0.1, 0.15) is 6.92 Å². The molecule has 1 rings (SSSR count). The van der Waals surface area contributed by atoms with Crippen molar-refractivity contribution in [3.63, 3.8) is 0 Å². The smallest absolute Gasteiger partial charge is 0.220 e. The van der Waals surface area contributed by atoms with Crippen molar-refractivity contribution in [2.45, 2.75) is 17.5 Å². The maximum Gasteiger partial charge on any atom is 0.220 e. The average Bonchev–Trinajstić information content (AvgIpc) is 2.26. The molecule has 17 heavy (non-hydrogen) atoms. The molecule has 0 aromatic heterocycles. The highest BCUT2D eigenvalue weighted by molar-refractivity contribution is 8.01. The normalized spacial score (nSPS) is 25.7. The van der Waals surface area contributed by atoms with E-state index in [9.17, 15) is 16.8 Å². The Kier molecular flexibility index (Phi) is 4.87. The molecule has 0 bridgehead atoms. The molecule has 0 aliphatic carbocycles. The predicted molar refractivity (Wildman–Crippen MR) is 68.1 cm³/mol. The summed E-state index contributed by atoms with van der Waals surface area (Å²) in [7, 11) is -7.21. The van der Waals surface area contributed by atoms with Gasteiger partial charge >= 0.3 is 0 Å². The molecule has 0 aromatic carbocycles. The minimum Gasteiger partial charge on any atom is -0.395 e. The zero-order valence-electron chi connectivity index (χ0n) is 9.74. The molecule has 0 amide bonds. The van der Waals surface area contributed by atoms with Crippen molar-refractivity contribution >= 4 is 31.6 Å². The standard InChI is InChI=1S/C8H17NO5S3/c1-7(5-10)17(13,14)9-3-4-15-6-8(9)16(2,11)12/h7-8,10H,3-6H2,1-2H3. The SMILES string of the molecule is CC(CO)S(=O)(=O)N1CCSCC1S(C)(=O)=O. The van der Waals surface area contributed by atoms with Gasteiger partial charge in [-0.05, 0) is 6.92 Å². The summed E-state index contributed by atoms with van der Waals surface area (Å²) in [6.07, 6.45) is 1.04. The van der Waals surface area contributed by atoms with Crippen LogP contribution >= 0.6 is 11.8 Å². The molecule has 0 aromatic rings. The van der Waals surface area contributed by atoms with Gasteiger partial charge in [0.1, 0.15) is 5.37 Å². The van der Waals surface area contributed by atoms with Gasteiger partial charge in [0, 0.05) is 24.3 Å². The van der Waals surface area contributed by atoms with Crippen LogP contribution in [0.4, 0.5) is 0 Å². The van der Waals surface area contributed by atoms with Crippen molar-refractivity contribution in [2.75, 3.05) is 30.9 Å². The number of rotatable bonds is 4. The molecule has 1 heterocycles. The molecule has 1 saturated heterocycles. The molecule has 0 saturated carbocycles. The zero-order chi connectivity index (χ0) is 13.3. The first kappa shape index (κ1) is 15.2. The van der Waals surface area contributed by atoms with Gasteiger partial charge in [-0.15, -0.1) is 0 Å². The molecule has 1 aliphatic rings. The largest absolute Gasteiger partial charge is 0.395 e. The van der Waals surface area contributed by atoms with Crippen LogP contribution in [0.15, 0.2) is 0 Å². The number of hydrogen-bond donors (Lipinski definition) is 1. The van der Waals surface area contributed by atoms with Gasteiger partial charge in [0.15, 0.2) is 9.84 Å². The molecule has 1 fully saturated rings. The monoisotopic (exact) mass is 303 g/mol. The van der Waals surface area contributed by atoms with E-state index in [0.717, 1.165) is 10.6 Å². The van der Waals surface area contributed by atoms with Crippen molar-refractivity contribution in [2.24, 2.45) is 0 Å². The van der Waals surface area contributed by atoms with Crippen molar-refractivity contribution in [1.29, 1.82) is 0 Å². The summed E-state index contributed by atoms with van der Waals surface area (Å²) >= 11 is 1.42. The minimum absolute atomic E-state index is 0.176. The zero-order valence-corrected chi connectivity index (χ0v) is 12.2. The molecule has 2 unspecified atom stereocenters. The van der Waals surface area contributed by atoms with Gasteiger partial charge in [-0.3, -0.25) is 0 Å². The van der Waals surface area contributed by atoms with Crippen LogP contribution in [0.5, 0.6) is 0 Å². The lowest BCUT2D eigenvalue weighted by molar-refractivity contribution is 0.288. The van der Waals surface area contributed by atoms with Gasteiger partial charge in [0.25, 0.3) is 0 Å². The third-order valence-electron chi connectivity index (χ3n) is 2.62. The van der Waals surface area contributed by atoms with E-state index in [4.69, 9.17) is 5.11 Å². The second-order valence-electron chi connectivity index (χ2n) is 4.01. The summed E-state index contributed by atoms with van der Waals surface area (Å²) in [5.41, 5.74) is 0. The van der Waals surface area contributed by atoms with Crippen LogP contribution in [-0.2, 0) is 19.9 Å². The Hall–Kier alpha value is 0.170. The van der Waals surface area contributed by atoms with Gasteiger partial charge < -0.3 is 5.11 Å². The first-order valence-electron chi connectivity index (χ1n) is 5.09. The Morgan fingerprint density at radius 3 is 2.47 bits per heavy atom. The number of sulfone groups is 1. The highest BCUT2D eigenvalue weighted by atomic mass is 32.2. The molecule has 1 aliphatic heterocycles. The molecule has 0 spiro atoms. The Morgan fingerprint density at radius 2 is 2.00 bits per heavy atom. The molecule has 102 valence electrons. The molecule has 9 heteroatoms. The molecular formula is C8H17NO5S3. The molecule has 0 radical (unpaired) electrons. The van der Waals surface area contributed by atoms with Crippen LogP contribution in [0, 0.1) is 0 Å². The van der Waals surface area contributed by atoms with E-state index < -0.39 is 37.1 Å². The summed E-state index contributed by atoms with van der Waals surface area (Å²) in [6, 6.07) is 0. The lowest BCUT2D eigenvalue weighted by Gasteiger charge is -2.34. The van der Waals surface area contributed by atoms with Crippen molar-refractivity contribution in [3.05, 3.63) is 0 Å². The quantitative estimate of drug-likeness (QED) is 0.725. The number of sulfonamides is 1. The van der Waals surface area contributed by atoms with Crippen LogP contribution in [0.2, 0.25) is 0 Å². The van der Waals surface area contributed by atoms with E-state index in [1.54, 1.807) is 0 Å². The lowest BCUT2D eigenvalue weighted by Crippen LogP contribution is -2.52. The molecule has 2 atom stereocenters. The number of aliphatic hydroxyl groups excluding tert-OH is 1. The van der Waals surface area contributed by atoms with Crippen LogP contribution in [0.3, 0.4) is 0 Å². The highest BCUT2D eigenvalue weighted by Gasteiger charge is 2.40. The van der Waals surface area contributed by atoms with Gasteiger partial charge in [0.2, 0.25) is 10.0 Å². The van der Waals surface area contributed by atoms with Crippen LogP contribution in [0.25, 0.3) is 0 Å². The van der Waals surface area contributed by atoms with Crippen LogP contribution in [-0.4, -0.2) is 67.8 Å². The summed E-state index contributed by atoms with van der Waals surface area (Å²) in [5.74, 6) is 0.819. The van der Waals surface area contributed by atoms with E-state index in [1.807, 2.05) is 0 Å². The topological polar surface area (TPSA) is 91.8 Å². The molecule has 1 N–H and O–H groups in total. The van der Waals surface area contributed by atoms with Crippen molar-refractivity contribution < 1.29 is 21.9 Å². The third-order valence-corrected chi connectivity index (χ3v) is 7.66. The molecule has 6 nitrogen and oxygen atoms in total. The summed E-state index contributed by atoms with van der Waals surface area (Å²) in [4.78, 5) is 0. The van der Waals surface area contributed by atoms with E-state index in [-0.39, 0.29) is 12.3 Å². The van der Waals surface area contributed by atoms with E-state index >= 15 is 0 Å². The van der Waals surface area contributed by atoms with Gasteiger partial charge in [0.05, 0.1) is 11.9 Å². The maximum absolute atomic E-state index is 12.1. The minimum atomic E-state index is -3.75. The number of hydrogen-bond acceptors (Lipinski definition) is 6. The number of nitrogens with zero attached hydrogens (tertiary/aromatic N) is 1. The summed E-state index contributed by atoms with van der Waals surface area (Å²) < 4.78 is 48.3. The third kappa shape index (κ3) is 3.34. The lowest BCUT2D eigenvalue weighted by atomic mass is 10.5. The first-order valence-corrected chi connectivity index (χ1v) is 9.70. The summed E-state index contributed by atoms with van der Waals surface area (Å²) in [6.45, 7) is 1.04. The Labute approximate surface area is 106 Å².